The zero-order valence-electron chi connectivity index (χ0n) is 12.1. The van der Waals surface area contributed by atoms with Crippen LogP contribution in [0.3, 0.4) is 0 Å². The maximum Gasteiger partial charge on any atom is 0.317 e. The van der Waals surface area contributed by atoms with E-state index in [1.165, 1.54) is 19.3 Å². The maximum atomic E-state index is 12.4. The summed E-state index contributed by atoms with van der Waals surface area (Å²) in [5.41, 5.74) is 1.50. The Morgan fingerprint density at radius 2 is 2.30 bits per heavy atom. The van der Waals surface area contributed by atoms with Crippen LogP contribution in [0.15, 0.2) is 24.5 Å². The maximum absolute atomic E-state index is 12.4. The number of amides is 2. The smallest absolute Gasteiger partial charge is 0.317 e. The van der Waals surface area contributed by atoms with Crippen molar-refractivity contribution in [2.24, 2.45) is 5.41 Å². The van der Waals surface area contributed by atoms with E-state index in [1.54, 1.807) is 6.20 Å². The fraction of sp³-hybridized carbons (Fsp3) is 0.625. The first-order valence-electron chi connectivity index (χ1n) is 7.66. The van der Waals surface area contributed by atoms with Gasteiger partial charge in [0.05, 0.1) is 0 Å². The molecule has 0 aliphatic heterocycles. The number of urea groups is 1. The Balaban J connectivity index is 1.57. The summed E-state index contributed by atoms with van der Waals surface area (Å²) < 4.78 is 0. The number of nitrogens with zero attached hydrogens (tertiary/aromatic N) is 2. The van der Waals surface area contributed by atoms with Crippen LogP contribution in [0.2, 0.25) is 0 Å². The molecule has 0 aromatic carbocycles. The van der Waals surface area contributed by atoms with Gasteiger partial charge in [0.2, 0.25) is 0 Å². The number of hydrogen-bond acceptors (Lipinski definition) is 2. The Bertz CT molecular complexity index is 466. The zero-order chi connectivity index (χ0) is 14.0. The van der Waals surface area contributed by atoms with Gasteiger partial charge in [-0.15, -0.1) is 0 Å². The summed E-state index contributed by atoms with van der Waals surface area (Å²) in [6.07, 6.45) is 9.56. The fourth-order valence-corrected chi connectivity index (χ4v) is 2.64. The third kappa shape index (κ3) is 3.11. The third-order valence-corrected chi connectivity index (χ3v) is 4.65. The minimum Gasteiger partial charge on any atom is -0.337 e. The van der Waals surface area contributed by atoms with Crippen LogP contribution in [0.4, 0.5) is 4.79 Å². The Morgan fingerprint density at radius 1 is 1.50 bits per heavy atom. The predicted molar refractivity (Wildman–Crippen MR) is 78.2 cm³/mol. The second-order valence-electron chi connectivity index (χ2n) is 6.23. The summed E-state index contributed by atoms with van der Waals surface area (Å²) >= 11 is 0. The second-order valence-corrected chi connectivity index (χ2v) is 6.23. The van der Waals surface area contributed by atoms with E-state index < -0.39 is 0 Å². The average Bonchev–Trinajstić information content (AvgIpc) is 3.38. The van der Waals surface area contributed by atoms with E-state index in [0.29, 0.717) is 18.0 Å². The van der Waals surface area contributed by atoms with Gasteiger partial charge in [0, 0.05) is 31.5 Å². The molecule has 2 aliphatic carbocycles. The number of rotatable bonds is 6. The molecule has 0 unspecified atom stereocenters. The first-order valence-corrected chi connectivity index (χ1v) is 7.66. The summed E-state index contributed by atoms with van der Waals surface area (Å²) in [6.45, 7) is 3.72. The molecule has 3 rings (SSSR count). The number of pyridine rings is 1. The van der Waals surface area contributed by atoms with Crippen molar-refractivity contribution < 1.29 is 4.79 Å². The molecule has 0 saturated heterocycles. The summed E-state index contributed by atoms with van der Waals surface area (Å²) in [5.74, 6) is 0. The number of hydrogen-bond donors (Lipinski definition) is 1. The molecule has 0 bridgehead atoms. The van der Waals surface area contributed by atoms with E-state index in [4.69, 9.17) is 0 Å². The standard InChI is InChI=1S/C16H23N3O/c1-2-16(7-8-16)12-18-15(20)19(14-5-6-14)11-13-4-3-9-17-10-13/h3-4,9-10,14H,2,5-8,11-12H2,1H3,(H,18,20). The van der Waals surface area contributed by atoms with Crippen LogP contribution in [0.25, 0.3) is 0 Å². The van der Waals surface area contributed by atoms with Gasteiger partial charge in [-0.1, -0.05) is 13.0 Å². The molecule has 1 heterocycles. The topological polar surface area (TPSA) is 45.2 Å². The van der Waals surface area contributed by atoms with Crippen LogP contribution < -0.4 is 5.32 Å². The predicted octanol–water partition coefficient (Wildman–Crippen LogP) is 2.95. The molecule has 1 aromatic rings. The lowest BCUT2D eigenvalue weighted by Gasteiger charge is -2.24. The largest absolute Gasteiger partial charge is 0.337 e. The molecule has 1 N–H and O–H groups in total. The van der Waals surface area contributed by atoms with Crippen molar-refractivity contribution >= 4 is 6.03 Å². The number of carbonyl (C=O) groups excluding carboxylic acids is 1. The van der Waals surface area contributed by atoms with Crippen LogP contribution in [-0.2, 0) is 6.54 Å². The van der Waals surface area contributed by atoms with E-state index in [2.05, 4.69) is 17.2 Å². The van der Waals surface area contributed by atoms with E-state index in [0.717, 1.165) is 24.9 Å². The fourth-order valence-electron chi connectivity index (χ4n) is 2.64. The lowest BCUT2D eigenvalue weighted by molar-refractivity contribution is 0.189. The second kappa shape index (κ2) is 5.43. The van der Waals surface area contributed by atoms with E-state index in [-0.39, 0.29) is 6.03 Å². The minimum atomic E-state index is 0.0936. The Hall–Kier alpha value is -1.58. The molecule has 0 radical (unpaired) electrons. The van der Waals surface area contributed by atoms with E-state index in [9.17, 15) is 4.79 Å². The Morgan fingerprint density at radius 3 is 2.85 bits per heavy atom. The molecule has 2 aliphatic rings. The molecule has 108 valence electrons. The molecule has 0 spiro atoms. The van der Waals surface area contributed by atoms with Gasteiger partial charge in [-0.2, -0.15) is 0 Å². The highest BCUT2D eigenvalue weighted by atomic mass is 16.2. The molecular weight excluding hydrogens is 250 g/mol. The minimum absolute atomic E-state index is 0.0936. The summed E-state index contributed by atoms with van der Waals surface area (Å²) in [7, 11) is 0. The number of carbonyl (C=O) groups is 1. The van der Waals surface area contributed by atoms with E-state index in [1.807, 2.05) is 23.2 Å². The Kier molecular flexibility index (Phi) is 3.64. The van der Waals surface area contributed by atoms with Crippen molar-refractivity contribution in [3.8, 4) is 0 Å². The van der Waals surface area contributed by atoms with Crippen molar-refractivity contribution in [3.63, 3.8) is 0 Å². The molecular formula is C16H23N3O. The van der Waals surface area contributed by atoms with Crippen molar-refractivity contribution in [3.05, 3.63) is 30.1 Å². The zero-order valence-corrected chi connectivity index (χ0v) is 12.1. The summed E-state index contributed by atoms with van der Waals surface area (Å²) in [4.78, 5) is 18.5. The van der Waals surface area contributed by atoms with Crippen LogP contribution in [0.1, 0.15) is 44.6 Å². The number of nitrogens with one attached hydrogen (secondary N) is 1. The van der Waals surface area contributed by atoms with Crippen molar-refractivity contribution in [2.45, 2.75) is 51.6 Å². The van der Waals surface area contributed by atoms with Gasteiger partial charge in [-0.3, -0.25) is 4.98 Å². The van der Waals surface area contributed by atoms with Gasteiger partial charge < -0.3 is 10.2 Å². The normalized spacial score (nSPS) is 19.4. The lowest BCUT2D eigenvalue weighted by atomic mass is 10.0. The Labute approximate surface area is 120 Å². The van der Waals surface area contributed by atoms with Crippen LogP contribution in [0.5, 0.6) is 0 Å². The molecule has 1 aromatic heterocycles. The van der Waals surface area contributed by atoms with Crippen molar-refractivity contribution in [1.82, 2.24) is 15.2 Å². The average molecular weight is 273 g/mol. The van der Waals surface area contributed by atoms with Gasteiger partial charge in [0.25, 0.3) is 0 Å². The van der Waals surface area contributed by atoms with E-state index >= 15 is 0 Å². The first kappa shape index (κ1) is 13.4. The van der Waals surface area contributed by atoms with Gasteiger partial charge in [0.1, 0.15) is 0 Å². The van der Waals surface area contributed by atoms with Gasteiger partial charge >= 0.3 is 6.03 Å². The molecule has 2 saturated carbocycles. The SMILES string of the molecule is CCC1(CNC(=O)N(Cc2cccnc2)C2CC2)CC1. The summed E-state index contributed by atoms with van der Waals surface area (Å²) in [5, 5.41) is 3.14. The molecule has 0 atom stereocenters. The number of aromatic nitrogens is 1. The van der Waals surface area contributed by atoms with Crippen molar-refractivity contribution in [1.29, 1.82) is 0 Å². The third-order valence-electron chi connectivity index (χ3n) is 4.65. The lowest BCUT2D eigenvalue weighted by Crippen LogP contribution is -2.43. The highest BCUT2D eigenvalue weighted by molar-refractivity contribution is 5.75. The monoisotopic (exact) mass is 273 g/mol. The molecule has 2 amide bonds. The van der Waals surface area contributed by atoms with Gasteiger partial charge in [0.15, 0.2) is 0 Å². The highest BCUT2D eigenvalue weighted by Gasteiger charge is 2.41. The van der Waals surface area contributed by atoms with Gasteiger partial charge in [-0.25, -0.2) is 4.79 Å². The molecule has 4 heteroatoms. The first-order chi connectivity index (χ1) is 9.72. The highest BCUT2D eigenvalue weighted by Crippen LogP contribution is 2.47. The van der Waals surface area contributed by atoms with Crippen molar-refractivity contribution in [2.75, 3.05) is 6.54 Å². The molecule has 2 fully saturated rings. The van der Waals surface area contributed by atoms with Crippen LogP contribution in [-0.4, -0.2) is 28.5 Å². The summed E-state index contributed by atoms with van der Waals surface area (Å²) in [6, 6.07) is 4.47. The van der Waals surface area contributed by atoms with Crippen LogP contribution in [0, 0.1) is 5.41 Å². The molecule has 20 heavy (non-hydrogen) atoms. The molecule has 4 nitrogen and oxygen atoms in total. The van der Waals surface area contributed by atoms with Crippen LogP contribution >= 0.6 is 0 Å². The quantitative estimate of drug-likeness (QED) is 0.866. The van der Waals surface area contributed by atoms with Gasteiger partial charge in [-0.05, 0) is 49.1 Å².